The highest BCUT2D eigenvalue weighted by molar-refractivity contribution is 7.90. The third-order valence-corrected chi connectivity index (χ3v) is 3.92. The Morgan fingerprint density at radius 2 is 2.12 bits per heavy atom. The zero-order valence-electron chi connectivity index (χ0n) is 10.9. The summed E-state index contributed by atoms with van der Waals surface area (Å²) in [6.07, 6.45) is 5.44. The van der Waals surface area contributed by atoms with E-state index in [1.165, 1.54) is 6.26 Å². The Bertz CT molecular complexity index is 463. The smallest absolute Gasteiger partial charge is 0.147 e. The van der Waals surface area contributed by atoms with E-state index in [1.807, 2.05) is 17.8 Å². The minimum Gasteiger partial charge on any atom is -0.333 e. The molecule has 0 aliphatic rings. The van der Waals surface area contributed by atoms with Crippen LogP contribution in [0.2, 0.25) is 0 Å². The van der Waals surface area contributed by atoms with Crippen molar-refractivity contribution in [3.8, 4) is 0 Å². The molecule has 1 aromatic heterocycles. The molecule has 17 heavy (non-hydrogen) atoms. The lowest BCUT2D eigenvalue weighted by molar-refractivity contribution is 0.407. The lowest BCUT2D eigenvalue weighted by Crippen LogP contribution is -2.35. The van der Waals surface area contributed by atoms with E-state index in [0.717, 1.165) is 5.69 Å². The van der Waals surface area contributed by atoms with Gasteiger partial charge >= 0.3 is 0 Å². The molecular formula is C11H21N3O2S. The molecule has 0 amide bonds. The van der Waals surface area contributed by atoms with Crippen molar-refractivity contribution >= 4 is 9.84 Å². The van der Waals surface area contributed by atoms with Crippen LogP contribution in [0.15, 0.2) is 12.5 Å². The second-order valence-electron chi connectivity index (χ2n) is 4.83. The van der Waals surface area contributed by atoms with Crippen LogP contribution < -0.4 is 5.32 Å². The third-order valence-electron chi connectivity index (χ3n) is 2.89. The monoisotopic (exact) mass is 259 g/mol. The fourth-order valence-corrected chi connectivity index (χ4v) is 2.30. The molecular weight excluding hydrogens is 238 g/mol. The van der Waals surface area contributed by atoms with Gasteiger partial charge in [0, 0.05) is 19.0 Å². The molecule has 0 unspecified atom stereocenters. The molecule has 98 valence electrons. The number of nitrogens with one attached hydrogen (secondary N) is 1. The predicted octanol–water partition coefficient (Wildman–Crippen LogP) is 0.772. The first-order chi connectivity index (χ1) is 7.76. The van der Waals surface area contributed by atoms with Crippen LogP contribution in [0, 0.1) is 0 Å². The SMILES string of the molecule is CNC(C)(C)c1cncn1CCCS(C)(=O)=O. The highest BCUT2D eigenvalue weighted by Crippen LogP contribution is 2.19. The van der Waals surface area contributed by atoms with E-state index in [4.69, 9.17) is 0 Å². The predicted molar refractivity (Wildman–Crippen MR) is 68.6 cm³/mol. The summed E-state index contributed by atoms with van der Waals surface area (Å²) in [4.78, 5) is 4.12. The van der Waals surface area contributed by atoms with E-state index in [1.54, 1.807) is 6.33 Å². The molecule has 0 aliphatic heterocycles. The van der Waals surface area contributed by atoms with Gasteiger partial charge in [0.2, 0.25) is 0 Å². The number of aryl methyl sites for hydroxylation is 1. The van der Waals surface area contributed by atoms with Gasteiger partial charge in [-0.2, -0.15) is 0 Å². The van der Waals surface area contributed by atoms with Crippen molar-refractivity contribution in [3.05, 3.63) is 18.2 Å². The molecule has 1 rings (SSSR count). The van der Waals surface area contributed by atoms with Gasteiger partial charge in [-0.3, -0.25) is 0 Å². The Balaban J connectivity index is 2.70. The molecule has 0 aromatic carbocycles. The molecule has 0 fully saturated rings. The molecule has 1 N–H and O–H groups in total. The summed E-state index contributed by atoms with van der Waals surface area (Å²) in [5.41, 5.74) is 0.898. The second kappa shape index (κ2) is 5.18. The van der Waals surface area contributed by atoms with Crippen molar-refractivity contribution < 1.29 is 8.42 Å². The summed E-state index contributed by atoms with van der Waals surface area (Å²) in [6, 6.07) is 0. The van der Waals surface area contributed by atoms with Crippen molar-refractivity contribution in [3.63, 3.8) is 0 Å². The van der Waals surface area contributed by atoms with Crippen LogP contribution in [0.25, 0.3) is 0 Å². The van der Waals surface area contributed by atoms with E-state index in [-0.39, 0.29) is 11.3 Å². The maximum absolute atomic E-state index is 11.1. The summed E-state index contributed by atoms with van der Waals surface area (Å²) < 4.78 is 24.1. The minimum absolute atomic E-state index is 0.165. The Morgan fingerprint density at radius 3 is 2.65 bits per heavy atom. The first kappa shape index (κ1) is 14.2. The van der Waals surface area contributed by atoms with Crippen LogP contribution in [0.3, 0.4) is 0 Å². The van der Waals surface area contributed by atoms with Crippen LogP contribution in [-0.4, -0.2) is 37.0 Å². The zero-order chi connectivity index (χ0) is 13.1. The minimum atomic E-state index is -2.88. The Morgan fingerprint density at radius 1 is 1.47 bits per heavy atom. The zero-order valence-corrected chi connectivity index (χ0v) is 11.7. The quantitative estimate of drug-likeness (QED) is 0.819. The van der Waals surface area contributed by atoms with E-state index in [9.17, 15) is 8.42 Å². The number of hydrogen-bond donors (Lipinski definition) is 1. The van der Waals surface area contributed by atoms with Crippen molar-refractivity contribution in [2.75, 3.05) is 19.1 Å². The summed E-state index contributed by atoms with van der Waals surface area (Å²) in [5.74, 6) is 0.213. The van der Waals surface area contributed by atoms with Gasteiger partial charge < -0.3 is 9.88 Å². The molecule has 1 aromatic rings. The Hall–Kier alpha value is -0.880. The molecule has 6 heteroatoms. The van der Waals surface area contributed by atoms with Gasteiger partial charge in [0.05, 0.1) is 23.3 Å². The number of nitrogens with zero attached hydrogens (tertiary/aromatic N) is 2. The molecule has 0 aliphatic carbocycles. The fraction of sp³-hybridized carbons (Fsp3) is 0.727. The van der Waals surface area contributed by atoms with Gasteiger partial charge in [-0.05, 0) is 27.3 Å². The fourth-order valence-electron chi connectivity index (χ4n) is 1.64. The van der Waals surface area contributed by atoms with Crippen LogP contribution in [0.1, 0.15) is 26.0 Å². The molecule has 0 saturated carbocycles. The highest BCUT2D eigenvalue weighted by Gasteiger charge is 2.21. The van der Waals surface area contributed by atoms with E-state index in [0.29, 0.717) is 13.0 Å². The number of imidazole rings is 1. The van der Waals surface area contributed by atoms with Crippen LogP contribution >= 0.6 is 0 Å². The lowest BCUT2D eigenvalue weighted by atomic mass is 10.0. The maximum Gasteiger partial charge on any atom is 0.147 e. The topological polar surface area (TPSA) is 64.0 Å². The van der Waals surface area contributed by atoms with Crippen LogP contribution in [0.4, 0.5) is 0 Å². The molecule has 5 nitrogen and oxygen atoms in total. The molecule has 0 spiro atoms. The van der Waals surface area contributed by atoms with Gasteiger partial charge in [0.1, 0.15) is 9.84 Å². The summed E-state index contributed by atoms with van der Waals surface area (Å²) in [5, 5.41) is 3.21. The van der Waals surface area contributed by atoms with Gasteiger partial charge in [-0.15, -0.1) is 0 Å². The van der Waals surface area contributed by atoms with E-state index < -0.39 is 9.84 Å². The average molecular weight is 259 g/mol. The van der Waals surface area contributed by atoms with Gasteiger partial charge in [-0.25, -0.2) is 13.4 Å². The summed E-state index contributed by atoms with van der Waals surface area (Å²) in [6.45, 7) is 4.81. The largest absolute Gasteiger partial charge is 0.333 e. The van der Waals surface area contributed by atoms with Crippen molar-refractivity contribution in [1.82, 2.24) is 14.9 Å². The molecule has 1 heterocycles. The van der Waals surface area contributed by atoms with Gasteiger partial charge in [0.25, 0.3) is 0 Å². The maximum atomic E-state index is 11.1. The normalized spacial score (nSPS) is 12.9. The van der Waals surface area contributed by atoms with Crippen molar-refractivity contribution in [2.45, 2.75) is 32.4 Å². The standard InChI is InChI=1S/C11H21N3O2S/c1-11(2,12-3)10-8-13-9-14(10)6-5-7-17(4,15)16/h8-9,12H,5-7H2,1-4H3. The van der Waals surface area contributed by atoms with Crippen molar-refractivity contribution in [1.29, 1.82) is 0 Å². The number of aromatic nitrogens is 2. The summed E-state index contributed by atoms with van der Waals surface area (Å²) in [7, 11) is -0.984. The Labute approximate surface area is 103 Å². The number of rotatable bonds is 6. The van der Waals surface area contributed by atoms with Crippen molar-refractivity contribution in [2.24, 2.45) is 0 Å². The first-order valence-corrected chi connectivity index (χ1v) is 7.69. The third kappa shape index (κ3) is 4.12. The second-order valence-corrected chi connectivity index (χ2v) is 7.09. The van der Waals surface area contributed by atoms with E-state index in [2.05, 4.69) is 24.1 Å². The molecule has 0 saturated heterocycles. The number of hydrogen-bond acceptors (Lipinski definition) is 4. The van der Waals surface area contributed by atoms with E-state index >= 15 is 0 Å². The molecule has 0 bridgehead atoms. The first-order valence-electron chi connectivity index (χ1n) is 5.63. The molecule has 0 radical (unpaired) electrons. The van der Waals surface area contributed by atoms with Crippen LogP contribution in [-0.2, 0) is 21.9 Å². The highest BCUT2D eigenvalue weighted by atomic mass is 32.2. The summed E-state index contributed by atoms with van der Waals surface area (Å²) >= 11 is 0. The average Bonchev–Trinajstić information content (AvgIpc) is 2.65. The lowest BCUT2D eigenvalue weighted by Gasteiger charge is -2.25. The Kier molecular flexibility index (Phi) is 4.32. The molecule has 0 atom stereocenters. The van der Waals surface area contributed by atoms with Crippen LogP contribution in [0.5, 0.6) is 0 Å². The number of sulfone groups is 1. The van der Waals surface area contributed by atoms with Gasteiger partial charge in [-0.1, -0.05) is 0 Å². The van der Waals surface area contributed by atoms with Gasteiger partial charge in [0.15, 0.2) is 0 Å².